The van der Waals surface area contributed by atoms with Crippen molar-refractivity contribution in [2.24, 2.45) is 0 Å². The summed E-state index contributed by atoms with van der Waals surface area (Å²) in [6.07, 6.45) is 0.449. The van der Waals surface area contributed by atoms with Crippen LogP contribution in [0.4, 0.5) is 0 Å². The van der Waals surface area contributed by atoms with Crippen molar-refractivity contribution in [3.05, 3.63) is 53.1 Å². The number of nitrogens with zero attached hydrogens (tertiary/aromatic N) is 1. The number of carbonyl (C=O) groups is 1. The van der Waals surface area contributed by atoms with Gasteiger partial charge in [-0.2, -0.15) is 4.31 Å². The largest absolute Gasteiger partial charge is 0.504 e. The lowest BCUT2D eigenvalue weighted by Gasteiger charge is -2.26. The number of phenols is 2. The molecular weight excluding hydrogens is 396 g/mol. The van der Waals surface area contributed by atoms with Crippen molar-refractivity contribution in [3.63, 3.8) is 0 Å². The lowest BCUT2D eigenvalue weighted by atomic mass is 10.1. The maximum atomic E-state index is 12.9. The number of morpholine rings is 1. The minimum Gasteiger partial charge on any atom is -0.504 e. The van der Waals surface area contributed by atoms with E-state index in [0.29, 0.717) is 31.7 Å². The highest BCUT2D eigenvalue weighted by atomic mass is 32.2. The maximum absolute atomic E-state index is 12.9. The van der Waals surface area contributed by atoms with Crippen molar-refractivity contribution in [3.8, 4) is 11.5 Å². The van der Waals surface area contributed by atoms with E-state index in [4.69, 9.17) is 4.74 Å². The van der Waals surface area contributed by atoms with Crippen molar-refractivity contribution in [2.75, 3.05) is 32.8 Å². The Balaban J connectivity index is 1.69. The van der Waals surface area contributed by atoms with Gasteiger partial charge < -0.3 is 20.3 Å². The van der Waals surface area contributed by atoms with Crippen LogP contribution in [0, 0.1) is 6.92 Å². The first-order valence-corrected chi connectivity index (χ1v) is 10.7. The van der Waals surface area contributed by atoms with Crippen LogP contribution in [-0.2, 0) is 21.2 Å². The molecule has 1 heterocycles. The number of nitrogens with one attached hydrogen (secondary N) is 1. The first kappa shape index (κ1) is 21.1. The fraction of sp³-hybridized carbons (Fsp3) is 0.350. The molecule has 9 heteroatoms. The highest BCUT2D eigenvalue weighted by Gasteiger charge is 2.28. The van der Waals surface area contributed by atoms with Gasteiger partial charge in [0.2, 0.25) is 10.0 Å². The van der Waals surface area contributed by atoms with E-state index < -0.39 is 10.0 Å². The van der Waals surface area contributed by atoms with Crippen LogP contribution >= 0.6 is 0 Å². The normalized spacial score (nSPS) is 15.2. The molecule has 1 fully saturated rings. The van der Waals surface area contributed by atoms with Gasteiger partial charge >= 0.3 is 0 Å². The third kappa shape index (κ3) is 4.87. The van der Waals surface area contributed by atoms with Gasteiger partial charge in [0, 0.05) is 25.2 Å². The van der Waals surface area contributed by atoms with Gasteiger partial charge in [-0.15, -0.1) is 0 Å². The summed E-state index contributed by atoms with van der Waals surface area (Å²) in [4.78, 5) is 12.6. The highest BCUT2D eigenvalue weighted by Crippen LogP contribution is 2.25. The fourth-order valence-corrected chi connectivity index (χ4v) is 4.75. The lowest BCUT2D eigenvalue weighted by molar-refractivity contribution is 0.0730. The number of carbonyl (C=O) groups excluding carboxylic acids is 1. The predicted molar refractivity (Wildman–Crippen MR) is 107 cm³/mol. The van der Waals surface area contributed by atoms with Crippen LogP contribution in [0.2, 0.25) is 0 Å². The van der Waals surface area contributed by atoms with Crippen molar-refractivity contribution >= 4 is 15.9 Å². The molecular formula is C20H24N2O6S. The van der Waals surface area contributed by atoms with Gasteiger partial charge in [0.15, 0.2) is 11.5 Å². The zero-order valence-electron chi connectivity index (χ0n) is 16.1. The SMILES string of the molecule is Cc1ccc(C(=O)NCCc2ccc(O)c(O)c2)cc1S(=O)(=O)N1CCOCC1. The van der Waals surface area contributed by atoms with Gasteiger partial charge in [-0.1, -0.05) is 12.1 Å². The molecule has 3 N–H and O–H groups in total. The van der Waals surface area contributed by atoms with Crippen LogP contribution in [0.5, 0.6) is 11.5 Å². The van der Waals surface area contributed by atoms with E-state index in [2.05, 4.69) is 5.32 Å². The van der Waals surface area contributed by atoms with E-state index in [1.165, 1.54) is 22.5 Å². The number of aromatic hydroxyl groups is 2. The molecule has 0 aromatic heterocycles. The molecule has 3 rings (SSSR count). The zero-order valence-corrected chi connectivity index (χ0v) is 16.9. The molecule has 8 nitrogen and oxygen atoms in total. The molecule has 2 aromatic rings. The fourth-order valence-electron chi connectivity index (χ4n) is 3.09. The van der Waals surface area contributed by atoms with E-state index in [1.54, 1.807) is 25.1 Å². The number of sulfonamides is 1. The summed E-state index contributed by atoms with van der Waals surface area (Å²) >= 11 is 0. The minimum atomic E-state index is -3.70. The first-order valence-electron chi connectivity index (χ1n) is 9.26. The molecule has 1 aliphatic heterocycles. The van der Waals surface area contributed by atoms with Crippen LogP contribution < -0.4 is 5.32 Å². The second-order valence-corrected chi connectivity index (χ2v) is 8.73. The topological polar surface area (TPSA) is 116 Å². The van der Waals surface area contributed by atoms with E-state index in [1.807, 2.05) is 0 Å². The molecule has 1 saturated heterocycles. The number of amides is 1. The number of hydrogen-bond acceptors (Lipinski definition) is 6. The molecule has 1 amide bonds. The molecule has 0 unspecified atom stereocenters. The minimum absolute atomic E-state index is 0.121. The number of hydrogen-bond donors (Lipinski definition) is 3. The monoisotopic (exact) mass is 420 g/mol. The molecule has 0 atom stereocenters. The zero-order chi connectivity index (χ0) is 21.0. The van der Waals surface area contributed by atoms with Gasteiger partial charge in [-0.05, 0) is 48.7 Å². The quantitative estimate of drug-likeness (QED) is 0.609. The maximum Gasteiger partial charge on any atom is 0.251 e. The summed E-state index contributed by atoms with van der Waals surface area (Å²) in [5.74, 6) is -0.803. The van der Waals surface area contributed by atoms with Crippen LogP contribution in [0.3, 0.4) is 0 Å². The van der Waals surface area contributed by atoms with Crippen LogP contribution in [0.15, 0.2) is 41.3 Å². The molecule has 0 bridgehead atoms. The summed E-state index contributed by atoms with van der Waals surface area (Å²) in [6.45, 7) is 3.28. The summed E-state index contributed by atoms with van der Waals surface area (Å²) in [6, 6.07) is 9.09. The van der Waals surface area contributed by atoms with Gasteiger partial charge in [0.25, 0.3) is 5.91 Å². The van der Waals surface area contributed by atoms with Gasteiger partial charge in [-0.25, -0.2) is 8.42 Å². The van der Waals surface area contributed by atoms with Crippen molar-refractivity contribution in [1.82, 2.24) is 9.62 Å². The number of benzene rings is 2. The lowest BCUT2D eigenvalue weighted by Crippen LogP contribution is -2.41. The molecule has 1 aliphatic rings. The Labute approximate surface area is 169 Å². The molecule has 0 radical (unpaired) electrons. The summed E-state index contributed by atoms with van der Waals surface area (Å²) in [5, 5.41) is 21.6. The van der Waals surface area contributed by atoms with Gasteiger partial charge in [0.1, 0.15) is 0 Å². The van der Waals surface area contributed by atoms with Crippen LogP contribution in [0.1, 0.15) is 21.5 Å². The Morgan fingerprint density at radius 2 is 1.83 bits per heavy atom. The third-order valence-electron chi connectivity index (χ3n) is 4.78. The Bertz CT molecular complexity index is 1000. The molecule has 2 aromatic carbocycles. The summed E-state index contributed by atoms with van der Waals surface area (Å²) in [5.41, 5.74) is 1.59. The highest BCUT2D eigenvalue weighted by molar-refractivity contribution is 7.89. The molecule has 156 valence electrons. The second-order valence-electron chi connectivity index (χ2n) is 6.83. The molecule has 0 spiro atoms. The standard InChI is InChI=1S/C20H24N2O6S/c1-14-2-4-16(13-19(14)29(26,27)22-8-10-28-11-9-22)20(25)21-7-6-15-3-5-17(23)18(24)12-15/h2-5,12-13,23-24H,6-11H2,1H3,(H,21,25). The van der Waals surface area contributed by atoms with E-state index in [0.717, 1.165) is 5.56 Å². The first-order chi connectivity index (χ1) is 13.8. The van der Waals surface area contributed by atoms with Gasteiger partial charge in [0.05, 0.1) is 18.1 Å². The molecule has 0 aliphatic carbocycles. The van der Waals surface area contributed by atoms with Crippen molar-refractivity contribution < 1.29 is 28.2 Å². The van der Waals surface area contributed by atoms with E-state index in [-0.39, 0.29) is 41.0 Å². The van der Waals surface area contributed by atoms with Crippen molar-refractivity contribution in [2.45, 2.75) is 18.2 Å². The number of ether oxygens (including phenoxy) is 1. The molecule has 29 heavy (non-hydrogen) atoms. The Morgan fingerprint density at radius 3 is 2.52 bits per heavy atom. The van der Waals surface area contributed by atoms with Gasteiger partial charge in [-0.3, -0.25) is 4.79 Å². The molecule has 0 saturated carbocycles. The Kier molecular flexibility index (Phi) is 6.41. The van der Waals surface area contributed by atoms with Crippen LogP contribution in [0.25, 0.3) is 0 Å². The number of aryl methyl sites for hydroxylation is 1. The Morgan fingerprint density at radius 1 is 1.10 bits per heavy atom. The van der Waals surface area contributed by atoms with E-state index in [9.17, 15) is 23.4 Å². The van der Waals surface area contributed by atoms with E-state index >= 15 is 0 Å². The average Bonchev–Trinajstić information content (AvgIpc) is 2.71. The van der Waals surface area contributed by atoms with Crippen LogP contribution in [-0.4, -0.2) is 61.7 Å². The Hall–Kier alpha value is -2.62. The number of phenolic OH excluding ortho intramolecular Hbond substituents is 2. The predicted octanol–water partition coefficient (Wildman–Crippen LogP) is 1.40. The summed E-state index contributed by atoms with van der Waals surface area (Å²) in [7, 11) is -3.70. The average molecular weight is 420 g/mol. The van der Waals surface area contributed by atoms with Crippen molar-refractivity contribution in [1.29, 1.82) is 0 Å². The number of rotatable bonds is 6. The third-order valence-corrected chi connectivity index (χ3v) is 6.82. The smallest absolute Gasteiger partial charge is 0.251 e. The summed E-state index contributed by atoms with van der Waals surface area (Å²) < 4.78 is 32.5. The second kappa shape index (κ2) is 8.81.